The van der Waals surface area contributed by atoms with E-state index in [1.54, 1.807) is 17.0 Å². The Balaban J connectivity index is 0.00000225. The second-order valence-corrected chi connectivity index (χ2v) is 10.6. The summed E-state index contributed by atoms with van der Waals surface area (Å²) >= 11 is 8.62. The molecule has 0 unspecified atom stereocenters. The quantitative estimate of drug-likeness (QED) is 0.685. The number of carbonyl (C=O) groups is 1. The predicted octanol–water partition coefficient (Wildman–Crippen LogP) is 2.62. The van der Waals surface area contributed by atoms with E-state index >= 15 is 0 Å². The number of thiazole rings is 1. The summed E-state index contributed by atoms with van der Waals surface area (Å²) in [6.45, 7) is 2.10. The lowest BCUT2D eigenvalue weighted by molar-refractivity contribution is -0.118. The van der Waals surface area contributed by atoms with Gasteiger partial charge in [0.25, 0.3) is 0 Å². The van der Waals surface area contributed by atoms with Crippen LogP contribution in [0.1, 0.15) is 21.9 Å². The molecule has 12 heteroatoms. The highest BCUT2D eigenvalue weighted by atomic mass is 35.5. The van der Waals surface area contributed by atoms with Crippen molar-refractivity contribution >= 4 is 73.8 Å². The van der Waals surface area contributed by atoms with Crippen molar-refractivity contribution in [1.82, 2.24) is 15.0 Å². The Morgan fingerprint density at radius 1 is 1.36 bits per heavy atom. The highest BCUT2D eigenvalue weighted by Crippen LogP contribution is 2.31. The van der Waals surface area contributed by atoms with Crippen LogP contribution >= 0.6 is 46.7 Å². The van der Waals surface area contributed by atoms with Crippen molar-refractivity contribution in [3.63, 3.8) is 0 Å². The highest BCUT2D eigenvalue weighted by molar-refractivity contribution is 7.92. The molecule has 0 aliphatic carbocycles. The maximum atomic E-state index is 12.7. The number of fused-ring (bicyclic) bond motifs is 1. The molecular formula is C16H18Cl2N4O3S3. The van der Waals surface area contributed by atoms with Gasteiger partial charge in [-0.05, 0) is 24.6 Å². The number of hydrogen-bond acceptors (Lipinski definition) is 7. The van der Waals surface area contributed by atoms with Crippen molar-refractivity contribution in [2.45, 2.75) is 25.4 Å². The van der Waals surface area contributed by atoms with E-state index in [2.05, 4.69) is 15.0 Å². The number of nitrogens with zero attached hydrogens (tertiary/aromatic N) is 2. The standard InChI is InChI=1S/C16H17ClN4O3S3.ClH/c17-14-2-1-10(25-14)5-8-27(23,24)20-12-4-7-21(15(12)22)16-19-11-3-6-18-9-13(11)26-16;/h1-2,5,8,12,18,20H,3-4,6-7,9H2;1H/t12-;/m0./s1. The molecule has 1 fully saturated rings. The molecular weight excluding hydrogens is 463 g/mol. The fourth-order valence-electron chi connectivity index (χ4n) is 3.02. The molecule has 2 aliphatic rings. The first-order chi connectivity index (χ1) is 12.9. The number of aromatic nitrogens is 1. The molecule has 7 nitrogen and oxygen atoms in total. The lowest BCUT2D eigenvalue weighted by atomic mass is 10.2. The zero-order chi connectivity index (χ0) is 19.0. The molecule has 0 aromatic carbocycles. The Bertz CT molecular complexity index is 979. The summed E-state index contributed by atoms with van der Waals surface area (Å²) in [5.41, 5.74) is 1.03. The second kappa shape index (κ2) is 8.78. The molecule has 152 valence electrons. The number of rotatable bonds is 5. The third kappa shape index (κ3) is 4.76. The number of anilines is 1. The summed E-state index contributed by atoms with van der Waals surface area (Å²) < 4.78 is 27.7. The molecule has 0 radical (unpaired) electrons. The molecule has 0 bridgehead atoms. The number of halogens is 2. The molecule has 28 heavy (non-hydrogen) atoms. The normalized spacial score (nSPS) is 19.8. The monoisotopic (exact) mass is 480 g/mol. The average molecular weight is 481 g/mol. The van der Waals surface area contributed by atoms with E-state index in [0.29, 0.717) is 22.4 Å². The Kier molecular flexibility index (Phi) is 6.80. The van der Waals surface area contributed by atoms with E-state index in [4.69, 9.17) is 11.6 Å². The maximum absolute atomic E-state index is 12.7. The van der Waals surface area contributed by atoms with Crippen LogP contribution in [0, 0.1) is 0 Å². The first-order valence-electron chi connectivity index (χ1n) is 8.38. The van der Waals surface area contributed by atoms with E-state index in [1.807, 2.05) is 0 Å². The fraction of sp³-hybridized carbons (Fsp3) is 0.375. The van der Waals surface area contributed by atoms with E-state index in [-0.39, 0.29) is 18.3 Å². The fourth-order valence-corrected chi connectivity index (χ4v) is 6.20. The van der Waals surface area contributed by atoms with Crippen molar-refractivity contribution < 1.29 is 13.2 Å². The van der Waals surface area contributed by atoms with Crippen LogP contribution in [0.4, 0.5) is 5.13 Å². The minimum absolute atomic E-state index is 0. The number of carbonyl (C=O) groups excluding carboxylic acids is 1. The van der Waals surface area contributed by atoms with Gasteiger partial charge >= 0.3 is 0 Å². The van der Waals surface area contributed by atoms with Crippen molar-refractivity contribution in [1.29, 1.82) is 0 Å². The van der Waals surface area contributed by atoms with Gasteiger partial charge in [-0.2, -0.15) is 4.72 Å². The van der Waals surface area contributed by atoms with Crippen LogP contribution in [0.3, 0.4) is 0 Å². The molecule has 4 rings (SSSR count). The summed E-state index contributed by atoms with van der Waals surface area (Å²) in [7, 11) is -3.74. The van der Waals surface area contributed by atoms with Crippen LogP contribution in [-0.4, -0.2) is 38.4 Å². The molecule has 1 saturated heterocycles. The lowest BCUT2D eigenvalue weighted by Gasteiger charge is -2.13. The summed E-state index contributed by atoms with van der Waals surface area (Å²) in [5, 5.41) is 5.01. The number of thiophene rings is 1. The van der Waals surface area contributed by atoms with Crippen molar-refractivity contribution in [2.75, 3.05) is 18.0 Å². The van der Waals surface area contributed by atoms with Crippen LogP contribution in [0.5, 0.6) is 0 Å². The number of nitrogens with one attached hydrogen (secondary N) is 2. The zero-order valence-electron chi connectivity index (χ0n) is 14.6. The molecule has 1 amide bonds. The first kappa shape index (κ1) is 21.7. The van der Waals surface area contributed by atoms with Gasteiger partial charge in [-0.25, -0.2) is 13.4 Å². The Hall–Kier alpha value is -1.01. The molecule has 0 spiro atoms. The molecule has 0 saturated carbocycles. The topological polar surface area (TPSA) is 91.4 Å². The summed E-state index contributed by atoms with van der Waals surface area (Å²) in [6, 6.07) is 2.67. The zero-order valence-corrected chi connectivity index (χ0v) is 18.6. The SMILES string of the molecule is Cl.O=C1[C@@H](NS(=O)(=O)C=Cc2ccc(Cl)s2)CCN1c1nc2c(s1)CNCC2. The first-order valence-corrected chi connectivity index (χ1v) is 11.9. The van der Waals surface area contributed by atoms with Crippen LogP contribution in [0.2, 0.25) is 4.34 Å². The lowest BCUT2D eigenvalue weighted by Crippen LogP contribution is -2.40. The Morgan fingerprint density at radius 3 is 2.89 bits per heavy atom. The summed E-state index contributed by atoms with van der Waals surface area (Å²) in [5.74, 6) is -0.259. The average Bonchev–Trinajstić information content (AvgIpc) is 3.32. The van der Waals surface area contributed by atoms with Crippen LogP contribution in [0.25, 0.3) is 6.08 Å². The third-order valence-electron chi connectivity index (χ3n) is 4.34. The van der Waals surface area contributed by atoms with Crippen LogP contribution in [0.15, 0.2) is 17.5 Å². The smallest absolute Gasteiger partial charge is 0.247 e. The number of hydrogen-bond donors (Lipinski definition) is 2. The molecule has 4 heterocycles. The Labute approximate surface area is 182 Å². The predicted molar refractivity (Wildman–Crippen MR) is 116 cm³/mol. The van der Waals surface area contributed by atoms with Gasteiger partial charge < -0.3 is 5.32 Å². The number of amides is 1. The maximum Gasteiger partial charge on any atom is 0.247 e. The van der Waals surface area contributed by atoms with E-state index in [0.717, 1.165) is 40.4 Å². The minimum Gasteiger partial charge on any atom is -0.311 e. The van der Waals surface area contributed by atoms with Crippen molar-refractivity contribution in [3.05, 3.63) is 37.3 Å². The molecule has 2 aromatic rings. The highest BCUT2D eigenvalue weighted by Gasteiger charge is 2.36. The van der Waals surface area contributed by atoms with Gasteiger partial charge in [0.1, 0.15) is 6.04 Å². The summed E-state index contributed by atoms with van der Waals surface area (Å²) in [4.78, 5) is 20.7. The van der Waals surface area contributed by atoms with Gasteiger partial charge in [-0.3, -0.25) is 9.69 Å². The minimum atomic E-state index is -3.74. The second-order valence-electron chi connectivity index (χ2n) is 6.23. The van der Waals surface area contributed by atoms with E-state index < -0.39 is 16.1 Å². The third-order valence-corrected chi connectivity index (χ3v) is 7.76. The van der Waals surface area contributed by atoms with Gasteiger partial charge in [-0.1, -0.05) is 22.9 Å². The number of sulfonamides is 1. The van der Waals surface area contributed by atoms with E-state index in [9.17, 15) is 13.2 Å². The van der Waals surface area contributed by atoms with Crippen molar-refractivity contribution in [2.24, 2.45) is 0 Å². The molecule has 2 aliphatic heterocycles. The summed E-state index contributed by atoms with van der Waals surface area (Å²) in [6.07, 6.45) is 2.73. The van der Waals surface area contributed by atoms with Gasteiger partial charge in [0.05, 0.1) is 10.0 Å². The van der Waals surface area contributed by atoms with Crippen molar-refractivity contribution in [3.8, 4) is 0 Å². The van der Waals surface area contributed by atoms with E-state index in [1.165, 1.54) is 28.7 Å². The van der Waals surface area contributed by atoms with Crippen LogP contribution in [-0.2, 0) is 27.8 Å². The van der Waals surface area contributed by atoms with Crippen LogP contribution < -0.4 is 14.9 Å². The molecule has 1 atom stereocenters. The molecule has 2 aromatic heterocycles. The van der Waals surface area contributed by atoms with Gasteiger partial charge in [0.15, 0.2) is 5.13 Å². The molecule has 2 N–H and O–H groups in total. The van der Waals surface area contributed by atoms with Gasteiger partial charge in [0.2, 0.25) is 15.9 Å². The van der Waals surface area contributed by atoms with Gasteiger partial charge in [-0.15, -0.1) is 23.7 Å². The van der Waals surface area contributed by atoms with Gasteiger partial charge in [0, 0.05) is 41.2 Å². The largest absolute Gasteiger partial charge is 0.311 e. The Morgan fingerprint density at radius 2 is 2.18 bits per heavy atom.